The smallest absolute Gasteiger partial charge is 0.220 e. The first-order valence-corrected chi connectivity index (χ1v) is 8.27. The van der Waals surface area contributed by atoms with E-state index in [4.69, 9.17) is 0 Å². The average molecular weight is 302 g/mol. The molecule has 3 rings (SSSR count). The van der Waals surface area contributed by atoms with Crippen molar-refractivity contribution in [3.8, 4) is 5.75 Å². The molecule has 4 heteroatoms. The van der Waals surface area contributed by atoms with Crippen LogP contribution in [0.2, 0.25) is 0 Å². The molecule has 1 amide bonds. The summed E-state index contributed by atoms with van der Waals surface area (Å²) in [6.07, 6.45) is 2.44. The van der Waals surface area contributed by atoms with Gasteiger partial charge in [0.1, 0.15) is 5.75 Å². The first-order chi connectivity index (χ1) is 10.5. The Morgan fingerprint density at radius 2 is 2.23 bits per heavy atom. The van der Waals surface area contributed by atoms with Crippen LogP contribution < -0.4 is 5.32 Å². The predicted molar refractivity (Wildman–Crippen MR) is 87.0 cm³/mol. The van der Waals surface area contributed by atoms with E-state index in [9.17, 15) is 9.90 Å². The summed E-state index contributed by atoms with van der Waals surface area (Å²) in [6, 6.07) is 6.10. The number of amides is 1. The lowest BCUT2D eigenvalue weighted by molar-refractivity contribution is -0.128. The number of phenolic OH excluding ortho intramolecular Hbond substituents is 1. The average Bonchev–Trinajstić information content (AvgIpc) is 2.51. The molecular weight excluding hydrogens is 276 g/mol. The van der Waals surface area contributed by atoms with Gasteiger partial charge in [0.2, 0.25) is 5.91 Å². The van der Waals surface area contributed by atoms with Crippen LogP contribution in [0.15, 0.2) is 18.2 Å². The second-order valence-corrected chi connectivity index (χ2v) is 6.91. The number of likely N-dealkylation sites (tertiary alicyclic amines) is 1. The standard InChI is InChI=1S/C18H26N2O2/c1-4-13-5-6-14(21)9-15(13)18-7-8-20(3)12(2)16(18)11-19-17(22)10-18/h5-6,9,12,16,21H,4,7-8,10-11H2,1-3H3,(H,19,22)/t12?,16-,18+/m0/s1. The molecule has 4 nitrogen and oxygen atoms in total. The zero-order valence-electron chi connectivity index (χ0n) is 13.7. The van der Waals surface area contributed by atoms with Gasteiger partial charge in [0.05, 0.1) is 0 Å². The highest BCUT2D eigenvalue weighted by Gasteiger charge is 2.51. The Hall–Kier alpha value is -1.55. The van der Waals surface area contributed by atoms with Gasteiger partial charge in [-0.25, -0.2) is 0 Å². The molecule has 0 aliphatic carbocycles. The first-order valence-electron chi connectivity index (χ1n) is 8.27. The molecule has 0 aromatic heterocycles. The van der Waals surface area contributed by atoms with Gasteiger partial charge >= 0.3 is 0 Å². The molecule has 2 fully saturated rings. The maximum Gasteiger partial charge on any atom is 0.220 e. The molecule has 0 radical (unpaired) electrons. The van der Waals surface area contributed by atoms with Crippen molar-refractivity contribution in [1.29, 1.82) is 0 Å². The number of nitrogens with zero attached hydrogens (tertiary/aromatic N) is 1. The summed E-state index contributed by atoms with van der Waals surface area (Å²) >= 11 is 0. The molecule has 120 valence electrons. The molecule has 1 aromatic rings. The van der Waals surface area contributed by atoms with E-state index < -0.39 is 0 Å². The number of hydrogen-bond donors (Lipinski definition) is 2. The Bertz CT molecular complexity index is 586. The molecular formula is C18H26N2O2. The number of aryl methyl sites for hydroxylation is 1. The molecule has 3 atom stereocenters. The second-order valence-electron chi connectivity index (χ2n) is 6.91. The minimum atomic E-state index is -0.141. The molecule has 0 spiro atoms. The van der Waals surface area contributed by atoms with Crippen LogP contribution in [0.25, 0.3) is 0 Å². The highest BCUT2D eigenvalue weighted by molar-refractivity contribution is 5.79. The van der Waals surface area contributed by atoms with Crippen molar-refractivity contribution in [3.05, 3.63) is 29.3 Å². The topological polar surface area (TPSA) is 52.6 Å². The van der Waals surface area contributed by atoms with Gasteiger partial charge in [-0.3, -0.25) is 4.79 Å². The third kappa shape index (κ3) is 2.30. The Labute approximate surface area is 132 Å². The molecule has 22 heavy (non-hydrogen) atoms. The first kappa shape index (κ1) is 15.3. The molecule has 1 unspecified atom stereocenters. The summed E-state index contributed by atoms with van der Waals surface area (Å²) in [4.78, 5) is 14.6. The van der Waals surface area contributed by atoms with E-state index in [1.807, 2.05) is 12.1 Å². The predicted octanol–water partition coefficient (Wildman–Crippen LogP) is 2.05. The normalized spacial score (nSPS) is 32.4. The molecule has 0 bridgehead atoms. The highest BCUT2D eigenvalue weighted by atomic mass is 16.3. The molecule has 2 aliphatic rings. The lowest BCUT2D eigenvalue weighted by Crippen LogP contribution is -2.61. The number of nitrogens with one attached hydrogen (secondary N) is 1. The van der Waals surface area contributed by atoms with Gasteiger partial charge in [-0.15, -0.1) is 0 Å². The number of rotatable bonds is 2. The number of benzene rings is 1. The summed E-state index contributed by atoms with van der Waals surface area (Å²) in [7, 11) is 2.16. The Morgan fingerprint density at radius 1 is 1.45 bits per heavy atom. The fraction of sp³-hybridized carbons (Fsp3) is 0.611. The number of hydrogen-bond acceptors (Lipinski definition) is 3. The van der Waals surface area contributed by atoms with Crippen molar-refractivity contribution in [2.75, 3.05) is 20.1 Å². The van der Waals surface area contributed by atoms with Gasteiger partial charge in [-0.05, 0) is 56.6 Å². The molecule has 2 saturated heterocycles. The Morgan fingerprint density at radius 3 is 2.95 bits per heavy atom. The van der Waals surface area contributed by atoms with Gasteiger partial charge < -0.3 is 15.3 Å². The second kappa shape index (κ2) is 5.58. The summed E-state index contributed by atoms with van der Waals surface area (Å²) in [5.74, 6) is 0.826. The largest absolute Gasteiger partial charge is 0.508 e. The lowest BCUT2D eigenvalue weighted by atomic mass is 9.59. The van der Waals surface area contributed by atoms with Crippen molar-refractivity contribution >= 4 is 5.91 Å². The fourth-order valence-corrected chi connectivity index (χ4v) is 4.46. The van der Waals surface area contributed by atoms with Crippen LogP contribution in [0.3, 0.4) is 0 Å². The van der Waals surface area contributed by atoms with Crippen LogP contribution in [0, 0.1) is 5.92 Å². The van der Waals surface area contributed by atoms with Gasteiger partial charge in [0, 0.05) is 30.3 Å². The maximum atomic E-state index is 12.2. The molecule has 2 N–H and O–H groups in total. The van der Waals surface area contributed by atoms with Crippen molar-refractivity contribution in [3.63, 3.8) is 0 Å². The highest BCUT2D eigenvalue weighted by Crippen LogP contribution is 2.48. The van der Waals surface area contributed by atoms with Crippen LogP contribution in [0.1, 0.15) is 37.8 Å². The van der Waals surface area contributed by atoms with E-state index in [0.29, 0.717) is 24.1 Å². The van der Waals surface area contributed by atoms with Gasteiger partial charge in [-0.1, -0.05) is 13.0 Å². The van der Waals surface area contributed by atoms with Crippen LogP contribution in [-0.4, -0.2) is 42.1 Å². The maximum absolute atomic E-state index is 12.2. The minimum absolute atomic E-state index is 0.137. The van der Waals surface area contributed by atoms with Crippen molar-refractivity contribution < 1.29 is 9.90 Å². The summed E-state index contributed by atoms with van der Waals surface area (Å²) in [5, 5.41) is 13.1. The van der Waals surface area contributed by atoms with Crippen molar-refractivity contribution in [2.45, 2.75) is 44.6 Å². The van der Waals surface area contributed by atoms with Gasteiger partial charge in [-0.2, -0.15) is 0 Å². The zero-order valence-corrected chi connectivity index (χ0v) is 13.7. The molecule has 0 saturated carbocycles. The third-order valence-electron chi connectivity index (χ3n) is 5.90. The fourth-order valence-electron chi connectivity index (χ4n) is 4.46. The van der Waals surface area contributed by atoms with E-state index in [2.05, 4.69) is 31.1 Å². The van der Waals surface area contributed by atoms with Crippen LogP contribution in [0.5, 0.6) is 5.75 Å². The number of phenols is 1. The Kier molecular flexibility index (Phi) is 3.89. The summed E-state index contributed by atoms with van der Waals surface area (Å²) in [5.41, 5.74) is 2.31. The number of carbonyl (C=O) groups excluding carboxylic acids is 1. The third-order valence-corrected chi connectivity index (χ3v) is 5.90. The summed E-state index contributed by atoms with van der Waals surface area (Å²) < 4.78 is 0. The van der Waals surface area contributed by atoms with E-state index in [1.54, 1.807) is 6.07 Å². The van der Waals surface area contributed by atoms with Crippen LogP contribution in [-0.2, 0) is 16.6 Å². The van der Waals surface area contributed by atoms with E-state index in [-0.39, 0.29) is 11.3 Å². The number of fused-ring (bicyclic) bond motifs is 1. The lowest BCUT2D eigenvalue weighted by Gasteiger charge is -2.54. The number of carbonyl (C=O) groups is 1. The van der Waals surface area contributed by atoms with E-state index in [0.717, 1.165) is 25.9 Å². The molecule has 2 heterocycles. The van der Waals surface area contributed by atoms with Crippen molar-refractivity contribution in [1.82, 2.24) is 10.2 Å². The Balaban J connectivity index is 2.14. The van der Waals surface area contributed by atoms with Crippen LogP contribution >= 0.6 is 0 Å². The van der Waals surface area contributed by atoms with Crippen LogP contribution in [0.4, 0.5) is 0 Å². The van der Waals surface area contributed by atoms with Gasteiger partial charge in [0.15, 0.2) is 0 Å². The number of piperidine rings is 2. The SMILES string of the molecule is CCc1ccc(O)cc1[C@]12CCN(C)C(C)[C@@H]1CNC(=O)C2. The quantitative estimate of drug-likeness (QED) is 0.879. The molecule has 1 aromatic carbocycles. The minimum Gasteiger partial charge on any atom is -0.508 e. The number of aromatic hydroxyl groups is 1. The molecule has 2 aliphatic heterocycles. The van der Waals surface area contributed by atoms with E-state index in [1.165, 1.54) is 11.1 Å². The van der Waals surface area contributed by atoms with Crippen molar-refractivity contribution in [2.24, 2.45) is 5.92 Å². The van der Waals surface area contributed by atoms with E-state index >= 15 is 0 Å². The zero-order chi connectivity index (χ0) is 15.9. The monoisotopic (exact) mass is 302 g/mol. The summed E-state index contributed by atoms with van der Waals surface area (Å²) in [6.45, 7) is 6.11. The van der Waals surface area contributed by atoms with Gasteiger partial charge in [0.25, 0.3) is 0 Å².